The predicted octanol–water partition coefficient (Wildman–Crippen LogP) is 3.27. The predicted molar refractivity (Wildman–Crippen MR) is 66.9 cm³/mol. The summed E-state index contributed by atoms with van der Waals surface area (Å²) in [5, 5.41) is 0. The van der Waals surface area contributed by atoms with E-state index in [9.17, 15) is 4.79 Å². The standard InChI is InChI=1S/C15H13NO/c17-14-8-4-7-13-12(9-10-16-15(13)14)11-5-2-1-3-6-11/h1-3,5-6,9-10H,4,7-8H2. The molecule has 0 atom stereocenters. The summed E-state index contributed by atoms with van der Waals surface area (Å²) in [6.45, 7) is 0. The van der Waals surface area contributed by atoms with E-state index in [4.69, 9.17) is 0 Å². The van der Waals surface area contributed by atoms with E-state index < -0.39 is 0 Å². The summed E-state index contributed by atoms with van der Waals surface area (Å²) >= 11 is 0. The minimum Gasteiger partial charge on any atom is -0.292 e. The zero-order valence-electron chi connectivity index (χ0n) is 9.52. The fourth-order valence-electron chi connectivity index (χ4n) is 2.42. The van der Waals surface area contributed by atoms with Gasteiger partial charge in [0.25, 0.3) is 0 Å². The van der Waals surface area contributed by atoms with Crippen molar-refractivity contribution < 1.29 is 4.79 Å². The van der Waals surface area contributed by atoms with Gasteiger partial charge in [-0.2, -0.15) is 0 Å². The molecule has 0 saturated heterocycles. The number of benzene rings is 1. The summed E-state index contributed by atoms with van der Waals surface area (Å²) in [6, 6.07) is 12.2. The van der Waals surface area contributed by atoms with E-state index in [0.717, 1.165) is 24.0 Å². The smallest absolute Gasteiger partial charge is 0.181 e. The van der Waals surface area contributed by atoms with Gasteiger partial charge in [-0.05, 0) is 35.6 Å². The van der Waals surface area contributed by atoms with Gasteiger partial charge in [0.2, 0.25) is 0 Å². The van der Waals surface area contributed by atoms with E-state index >= 15 is 0 Å². The SMILES string of the molecule is O=C1CCCc2c(-c3ccccc3)ccnc21. The number of carbonyl (C=O) groups is 1. The van der Waals surface area contributed by atoms with Crippen molar-refractivity contribution in [3.05, 3.63) is 53.9 Å². The molecule has 2 nitrogen and oxygen atoms in total. The summed E-state index contributed by atoms with van der Waals surface area (Å²) in [4.78, 5) is 16.0. The van der Waals surface area contributed by atoms with Gasteiger partial charge in [0.15, 0.2) is 5.78 Å². The number of pyridine rings is 1. The van der Waals surface area contributed by atoms with Crippen LogP contribution in [0.3, 0.4) is 0 Å². The average Bonchev–Trinajstić information content (AvgIpc) is 2.40. The van der Waals surface area contributed by atoms with Crippen LogP contribution < -0.4 is 0 Å². The van der Waals surface area contributed by atoms with E-state index in [1.165, 1.54) is 5.56 Å². The summed E-state index contributed by atoms with van der Waals surface area (Å²) in [6.07, 6.45) is 4.28. The Morgan fingerprint density at radius 2 is 1.82 bits per heavy atom. The van der Waals surface area contributed by atoms with Crippen molar-refractivity contribution in [1.82, 2.24) is 4.98 Å². The fourth-order valence-corrected chi connectivity index (χ4v) is 2.42. The molecule has 0 bridgehead atoms. The molecule has 0 fully saturated rings. The molecule has 0 N–H and O–H groups in total. The Morgan fingerprint density at radius 3 is 2.65 bits per heavy atom. The minimum atomic E-state index is 0.184. The van der Waals surface area contributed by atoms with Crippen LogP contribution in [0, 0.1) is 0 Å². The quantitative estimate of drug-likeness (QED) is 0.742. The normalized spacial score (nSPS) is 14.5. The lowest BCUT2D eigenvalue weighted by Gasteiger charge is -2.17. The number of rotatable bonds is 1. The molecular weight excluding hydrogens is 210 g/mol. The van der Waals surface area contributed by atoms with E-state index in [0.29, 0.717) is 12.1 Å². The van der Waals surface area contributed by atoms with Gasteiger partial charge in [-0.25, -0.2) is 0 Å². The zero-order chi connectivity index (χ0) is 11.7. The van der Waals surface area contributed by atoms with Crippen molar-refractivity contribution in [1.29, 1.82) is 0 Å². The van der Waals surface area contributed by atoms with E-state index in [1.807, 2.05) is 24.3 Å². The van der Waals surface area contributed by atoms with Crippen LogP contribution in [0.2, 0.25) is 0 Å². The van der Waals surface area contributed by atoms with Crippen molar-refractivity contribution in [2.45, 2.75) is 19.3 Å². The number of fused-ring (bicyclic) bond motifs is 1. The average molecular weight is 223 g/mol. The molecule has 2 heteroatoms. The lowest BCUT2D eigenvalue weighted by Crippen LogP contribution is -2.13. The van der Waals surface area contributed by atoms with Crippen molar-refractivity contribution in [2.24, 2.45) is 0 Å². The number of Topliss-reactive ketones (excluding diaryl/α,β-unsaturated/α-hetero) is 1. The molecule has 17 heavy (non-hydrogen) atoms. The Balaban J connectivity index is 2.19. The van der Waals surface area contributed by atoms with E-state index in [-0.39, 0.29) is 5.78 Å². The van der Waals surface area contributed by atoms with Crippen molar-refractivity contribution in [2.75, 3.05) is 0 Å². The Labute approximate surface area is 100 Å². The number of carbonyl (C=O) groups excluding carboxylic acids is 1. The Kier molecular flexibility index (Phi) is 2.48. The highest BCUT2D eigenvalue weighted by atomic mass is 16.1. The van der Waals surface area contributed by atoms with Crippen LogP contribution in [0.5, 0.6) is 0 Å². The monoisotopic (exact) mass is 223 g/mol. The van der Waals surface area contributed by atoms with Crippen LogP contribution in [0.15, 0.2) is 42.6 Å². The van der Waals surface area contributed by atoms with Crippen LogP contribution in [0.4, 0.5) is 0 Å². The van der Waals surface area contributed by atoms with Crippen LogP contribution in [-0.4, -0.2) is 10.8 Å². The number of nitrogens with zero attached hydrogens (tertiary/aromatic N) is 1. The Morgan fingerprint density at radius 1 is 1.00 bits per heavy atom. The zero-order valence-corrected chi connectivity index (χ0v) is 9.52. The first-order valence-electron chi connectivity index (χ1n) is 5.93. The summed E-state index contributed by atoms with van der Waals surface area (Å²) in [5.41, 5.74) is 4.12. The molecule has 0 radical (unpaired) electrons. The molecule has 2 aromatic rings. The van der Waals surface area contributed by atoms with Crippen molar-refractivity contribution in [3.63, 3.8) is 0 Å². The lowest BCUT2D eigenvalue weighted by molar-refractivity contribution is 0.0967. The van der Waals surface area contributed by atoms with Gasteiger partial charge in [0, 0.05) is 12.6 Å². The topological polar surface area (TPSA) is 30.0 Å². The number of hydrogen-bond acceptors (Lipinski definition) is 2. The van der Waals surface area contributed by atoms with Gasteiger partial charge < -0.3 is 0 Å². The largest absolute Gasteiger partial charge is 0.292 e. The molecule has 1 aliphatic carbocycles. The molecule has 0 unspecified atom stereocenters. The van der Waals surface area contributed by atoms with Crippen LogP contribution >= 0.6 is 0 Å². The number of hydrogen-bond donors (Lipinski definition) is 0. The van der Waals surface area contributed by atoms with Crippen molar-refractivity contribution >= 4 is 5.78 Å². The lowest BCUT2D eigenvalue weighted by atomic mass is 9.89. The Bertz CT molecular complexity index is 560. The summed E-state index contributed by atoms with van der Waals surface area (Å²) in [7, 11) is 0. The molecule has 0 amide bonds. The molecule has 0 spiro atoms. The van der Waals surface area contributed by atoms with Crippen LogP contribution in [0.25, 0.3) is 11.1 Å². The number of ketones is 1. The first-order chi connectivity index (χ1) is 8.36. The third-order valence-electron chi connectivity index (χ3n) is 3.24. The minimum absolute atomic E-state index is 0.184. The van der Waals surface area contributed by atoms with Gasteiger partial charge in [-0.1, -0.05) is 30.3 Å². The first kappa shape index (κ1) is 10.2. The van der Waals surface area contributed by atoms with Gasteiger partial charge in [-0.3, -0.25) is 9.78 Å². The van der Waals surface area contributed by atoms with Gasteiger partial charge in [0.05, 0.1) is 0 Å². The molecule has 3 rings (SSSR count). The summed E-state index contributed by atoms with van der Waals surface area (Å²) < 4.78 is 0. The second kappa shape index (κ2) is 4.13. The number of aromatic nitrogens is 1. The molecule has 1 aromatic heterocycles. The first-order valence-corrected chi connectivity index (χ1v) is 5.93. The van der Waals surface area contributed by atoms with Gasteiger partial charge in [-0.15, -0.1) is 0 Å². The maximum atomic E-state index is 11.8. The fraction of sp³-hybridized carbons (Fsp3) is 0.200. The van der Waals surface area contributed by atoms with Gasteiger partial charge in [0.1, 0.15) is 5.69 Å². The maximum Gasteiger partial charge on any atom is 0.181 e. The molecule has 1 aliphatic rings. The van der Waals surface area contributed by atoms with E-state index in [2.05, 4.69) is 17.1 Å². The maximum absolute atomic E-state index is 11.8. The van der Waals surface area contributed by atoms with Crippen molar-refractivity contribution in [3.8, 4) is 11.1 Å². The summed E-state index contributed by atoms with van der Waals surface area (Å²) in [5.74, 6) is 0.184. The van der Waals surface area contributed by atoms with Crippen LogP contribution in [-0.2, 0) is 6.42 Å². The second-order valence-electron chi connectivity index (χ2n) is 4.33. The second-order valence-corrected chi connectivity index (χ2v) is 4.33. The molecular formula is C15H13NO. The highest BCUT2D eigenvalue weighted by Crippen LogP contribution is 2.29. The highest BCUT2D eigenvalue weighted by Gasteiger charge is 2.21. The molecule has 1 aromatic carbocycles. The highest BCUT2D eigenvalue weighted by molar-refractivity contribution is 5.98. The molecule has 84 valence electrons. The molecule has 0 saturated carbocycles. The Hall–Kier alpha value is -1.96. The third-order valence-corrected chi connectivity index (χ3v) is 3.24. The van der Waals surface area contributed by atoms with E-state index in [1.54, 1.807) is 6.20 Å². The molecule has 0 aliphatic heterocycles. The van der Waals surface area contributed by atoms with Gasteiger partial charge >= 0.3 is 0 Å². The van der Waals surface area contributed by atoms with Crippen LogP contribution in [0.1, 0.15) is 28.9 Å². The third kappa shape index (κ3) is 1.76. The molecule has 1 heterocycles.